The van der Waals surface area contributed by atoms with Crippen molar-refractivity contribution in [3.8, 4) is 22.8 Å². The molecule has 0 saturated carbocycles. The second-order valence-corrected chi connectivity index (χ2v) is 7.20. The quantitative estimate of drug-likeness (QED) is 0.611. The number of carbonyl (C=O) groups is 1. The molecule has 0 bridgehead atoms. The fourth-order valence-corrected chi connectivity index (χ4v) is 3.48. The minimum atomic E-state index is 0.0253. The molecule has 0 aliphatic rings. The lowest BCUT2D eigenvalue weighted by Crippen LogP contribution is -2.23. The molecule has 3 rings (SSSR count). The van der Waals surface area contributed by atoms with Gasteiger partial charge >= 0.3 is 0 Å². The first-order valence-corrected chi connectivity index (χ1v) is 9.48. The number of para-hydroxylation sites is 1. The van der Waals surface area contributed by atoms with Gasteiger partial charge in [-0.1, -0.05) is 41.6 Å². The Balaban J connectivity index is 2.08. The number of carbonyl (C=O) groups excluding carboxylic acids is 1. The zero-order valence-corrected chi connectivity index (χ0v) is 16.7. The van der Waals surface area contributed by atoms with Gasteiger partial charge in [0.05, 0.1) is 18.4 Å². The maximum atomic E-state index is 12.0. The summed E-state index contributed by atoms with van der Waals surface area (Å²) in [6.45, 7) is 2.04. The van der Waals surface area contributed by atoms with Gasteiger partial charge < -0.3 is 9.64 Å². The molecular weight excluding hydrogens is 360 g/mol. The first-order valence-electron chi connectivity index (χ1n) is 8.50. The Morgan fingerprint density at radius 1 is 1.11 bits per heavy atom. The summed E-state index contributed by atoms with van der Waals surface area (Å²) in [6.07, 6.45) is 0. The van der Waals surface area contributed by atoms with E-state index in [-0.39, 0.29) is 5.91 Å². The van der Waals surface area contributed by atoms with Gasteiger partial charge in [0.1, 0.15) is 5.75 Å². The van der Waals surface area contributed by atoms with Crippen molar-refractivity contribution in [2.45, 2.75) is 12.1 Å². The molecule has 3 aromatic rings. The number of benzene rings is 2. The third-order valence-electron chi connectivity index (χ3n) is 4.10. The van der Waals surface area contributed by atoms with E-state index in [9.17, 15) is 4.79 Å². The molecule has 27 heavy (non-hydrogen) atoms. The Morgan fingerprint density at radius 2 is 1.81 bits per heavy atom. The van der Waals surface area contributed by atoms with Gasteiger partial charge in [-0.2, -0.15) is 0 Å². The number of aryl methyl sites for hydroxylation is 1. The maximum absolute atomic E-state index is 12.0. The molecule has 0 fully saturated rings. The predicted molar refractivity (Wildman–Crippen MR) is 108 cm³/mol. The highest BCUT2D eigenvalue weighted by Gasteiger charge is 2.19. The number of methoxy groups -OCH3 is 1. The Hall–Kier alpha value is -2.80. The fraction of sp³-hybridized carbons (Fsp3) is 0.250. The van der Waals surface area contributed by atoms with E-state index in [4.69, 9.17) is 4.74 Å². The first kappa shape index (κ1) is 19.0. The van der Waals surface area contributed by atoms with Crippen LogP contribution in [0.5, 0.6) is 5.75 Å². The topological polar surface area (TPSA) is 60.3 Å². The van der Waals surface area contributed by atoms with Crippen molar-refractivity contribution in [3.05, 3.63) is 54.1 Å². The van der Waals surface area contributed by atoms with E-state index in [1.807, 2.05) is 60.0 Å². The zero-order chi connectivity index (χ0) is 19.4. The molecule has 2 aromatic carbocycles. The monoisotopic (exact) mass is 382 g/mol. The van der Waals surface area contributed by atoms with Gasteiger partial charge in [0.2, 0.25) is 5.91 Å². The molecule has 140 valence electrons. The van der Waals surface area contributed by atoms with Crippen LogP contribution in [0.3, 0.4) is 0 Å². The van der Waals surface area contributed by atoms with Crippen molar-refractivity contribution in [2.75, 3.05) is 27.0 Å². The number of aromatic nitrogens is 3. The van der Waals surface area contributed by atoms with Crippen LogP contribution in [0.1, 0.15) is 5.56 Å². The molecule has 1 aromatic heterocycles. The summed E-state index contributed by atoms with van der Waals surface area (Å²) in [6, 6.07) is 15.8. The van der Waals surface area contributed by atoms with E-state index in [1.165, 1.54) is 17.3 Å². The zero-order valence-electron chi connectivity index (χ0n) is 15.8. The Kier molecular flexibility index (Phi) is 5.81. The molecule has 0 spiro atoms. The molecule has 0 aliphatic carbocycles. The third kappa shape index (κ3) is 4.14. The van der Waals surface area contributed by atoms with Crippen LogP contribution in [0.2, 0.25) is 0 Å². The van der Waals surface area contributed by atoms with Gasteiger partial charge in [0, 0.05) is 19.8 Å². The molecular formula is C20H22N4O2S. The van der Waals surface area contributed by atoms with E-state index >= 15 is 0 Å². The van der Waals surface area contributed by atoms with Gasteiger partial charge in [-0.05, 0) is 31.2 Å². The molecule has 0 atom stereocenters. The first-order chi connectivity index (χ1) is 13.0. The van der Waals surface area contributed by atoms with Crippen molar-refractivity contribution in [1.29, 1.82) is 0 Å². The van der Waals surface area contributed by atoms with E-state index in [0.717, 1.165) is 17.0 Å². The van der Waals surface area contributed by atoms with Crippen molar-refractivity contribution < 1.29 is 9.53 Å². The summed E-state index contributed by atoms with van der Waals surface area (Å²) in [5.74, 6) is 1.72. The van der Waals surface area contributed by atoms with Crippen LogP contribution in [-0.2, 0) is 4.79 Å². The summed E-state index contributed by atoms with van der Waals surface area (Å²) in [7, 11) is 5.12. The Labute approximate surface area is 163 Å². The van der Waals surface area contributed by atoms with Crippen LogP contribution >= 0.6 is 11.8 Å². The molecule has 6 nitrogen and oxygen atoms in total. The maximum Gasteiger partial charge on any atom is 0.232 e. The molecule has 0 saturated heterocycles. The Morgan fingerprint density at radius 3 is 2.48 bits per heavy atom. The summed E-state index contributed by atoms with van der Waals surface area (Å²) in [5, 5.41) is 9.41. The lowest BCUT2D eigenvalue weighted by molar-refractivity contribution is -0.125. The molecule has 1 heterocycles. The summed E-state index contributed by atoms with van der Waals surface area (Å²) in [4.78, 5) is 13.6. The lowest BCUT2D eigenvalue weighted by Gasteiger charge is -2.13. The molecule has 0 unspecified atom stereocenters. The largest absolute Gasteiger partial charge is 0.496 e. The highest BCUT2D eigenvalue weighted by Crippen LogP contribution is 2.33. The number of thioether (sulfide) groups is 1. The number of hydrogen-bond donors (Lipinski definition) is 0. The summed E-state index contributed by atoms with van der Waals surface area (Å²) in [5.41, 5.74) is 2.95. The highest BCUT2D eigenvalue weighted by molar-refractivity contribution is 7.99. The standard InChI is InChI=1S/C20H22N4O2S/c1-14-9-11-15(12-10-14)24-19(16-7-5-6-8-17(16)26-4)21-22-20(24)27-13-18(25)23(2)3/h5-12H,13H2,1-4H3. The normalized spacial score (nSPS) is 10.7. The minimum absolute atomic E-state index is 0.0253. The third-order valence-corrected chi connectivity index (χ3v) is 5.01. The Bertz CT molecular complexity index is 935. The van der Waals surface area contributed by atoms with Gasteiger partial charge in [0.25, 0.3) is 0 Å². The minimum Gasteiger partial charge on any atom is -0.496 e. The molecule has 0 radical (unpaired) electrons. The van der Waals surface area contributed by atoms with Gasteiger partial charge in [-0.25, -0.2) is 0 Å². The highest BCUT2D eigenvalue weighted by atomic mass is 32.2. The molecule has 0 N–H and O–H groups in total. The van der Waals surface area contributed by atoms with Crippen molar-refractivity contribution in [1.82, 2.24) is 19.7 Å². The van der Waals surface area contributed by atoms with Crippen LogP contribution in [0.4, 0.5) is 0 Å². The van der Waals surface area contributed by atoms with Crippen molar-refractivity contribution >= 4 is 17.7 Å². The van der Waals surface area contributed by atoms with Crippen molar-refractivity contribution in [3.63, 3.8) is 0 Å². The molecule has 7 heteroatoms. The second-order valence-electron chi connectivity index (χ2n) is 6.25. The predicted octanol–water partition coefficient (Wildman–Crippen LogP) is 3.43. The summed E-state index contributed by atoms with van der Waals surface area (Å²) >= 11 is 1.37. The molecule has 0 aliphatic heterocycles. The van der Waals surface area contributed by atoms with Crippen LogP contribution in [-0.4, -0.2) is 52.5 Å². The van der Waals surface area contributed by atoms with E-state index in [0.29, 0.717) is 16.7 Å². The number of amides is 1. The van der Waals surface area contributed by atoms with Gasteiger partial charge in [-0.15, -0.1) is 10.2 Å². The fourth-order valence-electron chi connectivity index (χ4n) is 2.55. The van der Waals surface area contributed by atoms with Crippen LogP contribution in [0.15, 0.2) is 53.7 Å². The average molecular weight is 382 g/mol. The van der Waals surface area contributed by atoms with Crippen molar-refractivity contribution in [2.24, 2.45) is 0 Å². The number of nitrogens with zero attached hydrogens (tertiary/aromatic N) is 4. The van der Waals surface area contributed by atoms with Crippen LogP contribution in [0, 0.1) is 6.92 Å². The van der Waals surface area contributed by atoms with E-state index in [1.54, 1.807) is 26.1 Å². The second kappa shape index (κ2) is 8.26. The average Bonchev–Trinajstić information content (AvgIpc) is 3.10. The van der Waals surface area contributed by atoms with E-state index < -0.39 is 0 Å². The van der Waals surface area contributed by atoms with Gasteiger partial charge in [0.15, 0.2) is 11.0 Å². The van der Waals surface area contributed by atoms with Gasteiger partial charge in [-0.3, -0.25) is 9.36 Å². The van der Waals surface area contributed by atoms with Crippen LogP contribution in [0.25, 0.3) is 17.1 Å². The SMILES string of the molecule is COc1ccccc1-c1nnc(SCC(=O)N(C)C)n1-c1ccc(C)cc1. The lowest BCUT2D eigenvalue weighted by atomic mass is 10.1. The molecule has 1 amide bonds. The number of rotatable bonds is 6. The van der Waals surface area contributed by atoms with E-state index in [2.05, 4.69) is 10.2 Å². The van der Waals surface area contributed by atoms with Crippen LogP contribution < -0.4 is 4.74 Å². The number of ether oxygens (including phenoxy) is 1. The summed E-state index contributed by atoms with van der Waals surface area (Å²) < 4.78 is 7.46. The number of hydrogen-bond acceptors (Lipinski definition) is 5. The smallest absolute Gasteiger partial charge is 0.232 e.